The number of hydrogen-bond acceptors (Lipinski definition) is 5. The summed E-state index contributed by atoms with van der Waals surface area (Å²) in [4.78, 5) is 22.2. The third-order valence-electron chi connectivity index (χ3n) is 3.29. The first-order chi connectivity index (χ1) is 11.1. The van der Waals surface area contributed by atoms with Crippen LogP contribution in [0.4, 0.5) is 5.69 Å². The summed E-state index contributed by atoms with van der Waals surface area (Å²) < 4.78 is 1.73. The van der Waals surface area contributed by atoms with E-state index in [9.17, 15) is 4.79 Å². The van der Waals surface area contributed by atoms with Crippen molar-refractivity contribution in [3.8, 4) is 0 Å². The number of fused-ring (bicyclic) bond motifs is 1. The molecule has 0 spiro atoms. The van der Waals surface area contributed by atoms with Gasteiger partial charge >= 0.3 is 0 Å². The Morgan fingerprint density at radius 1 is 1.30 bits per heavy atom. The maximum atomic E-state index is 12.0. The molecule has 0 atom stereocenters. The average molecular weight is 308 g/mol. The van der Waals surface area contributed by atoms with Crippen LogP contribution >= 0.6 is 0 Å². The minimum Gasteiger partial charge on any atom is -0.378 e. The van der Waals surface area contributed by atoms with Gasteiger partial charge in [0.15, 0.2) is 5.65 Å². The van der Waals surface area contributed by atoms with Gasteiger partial charge in [-0.05, 0) is 17.7 Å². The Hall–Kier alpha value is -3.22. The van der Waals surface area contributed by atoms with Crippen LogP contribution in [0.25, 0.3) is 5.65 Å². The van der Waals surface area contributed by atoms with E-state index in [0.29, 0.717) is 5.65 Å². The molecular weight excluding hydrogens is 292 g/mol. The zero-order valence-corrected chi connectivity index (χ0v) is 12.8. The molecule has 23 heavy (non-hydrogen) atoms. The summed E-state index contributed by atoms with van der Waals surface area (Å²) in [5.74, 6) is -0.366. The van der Waals surface area contributed by atoms with E-state index in [0.717, 1.165) is 11.3 Å². The summed E-state index contributed by atoms with van der Waals surface area (Å²) in [5, 5.41) is 3.96. The predicted molar refractivity (Wildman–Crippen MR) is 88.8 cm³/mol. The highest BCUT2D eigenvalue weighted by Gasteiger charge is 2.09. The molecule has 3 rings (SSSR count). The molecule has 3 aromatic rings. The standard InChI is InChI=1S/C16H16N6O/c1-21(2)13-5-3-12(4-6-13)9-18-20-16(23)14-11-22-8-7-17-10-15(22)19-14/h3-11H,1-2H3,(H,20,23)/b18-9-. The van der Waals surface area contributed by atoms with Gasteiger partial charge in [0.2, 0.25) is 0 Å². The molecule has 1 N–H and O–H groups in total. The van der Waals surface area contributed by atoms with Crippen molar-refractivity contribution in [2.75, 3.05) is 19.0 Å². The van der Waals surface area contributed by atoms with Crippen LogP contribution in [0.2, 0.25) is 0 Å². The van der Waals surface area contributed by atoms with Crippen molar-refractivity contribution in [1.29, 1.82) is 0 Å². The van der Waals surface area contributed by atoms with Crippen LogP contribution in [0, 0.1) is 0 Å². The second-order valence-electron chi connectivity index (χ2n) is 5.15. The van der Waals surface area contributed by atoms with Crippen molar-refractivity contribution in [1.82, 2.24) is 19.8 Å². The van der Waals surface area contributed by atoms with E-state index in [1.54, 1.807) is 35.4 Å². The number of hydrogen-bond donors (Lipinski definition) is 1. The molecule has 0 aliphatic rings. The number of anilines is 1. The molecule has 0 aliphatic carbocycles. The lowest BCUT2D eigenvalue weighted by Crippen LogP contribution is -2.17. The quantitative estimate of drug-likeness (QED) is 0.586. The minimum absolute atomic E-state index is 0.290. The van der Waals surface area contributed by atoms with Gasteiger partial charge in [0.1, 0.15) is 5.69 Å². The fourth-order valence-corrected chi connectivity index (χ4v) is 2.03. The topological polar surface area (TPSA) is 74.9 Å². The van der Waals surface area contributed by atoms with Crippen LogP contribution in [-0.4, -0.2) is 40.6 Å². The van der Waals surface area contributed by atoms with Crippen molar-refractivity contribution in [2.24, 2.45) is 5.10 Å². The van der Waals surface area contributed by atoms with Crippen LogP contribution in [0.3, 0.4) is 0 Å². The van der Waals surface area contributed by atoms with E-state index in [1.807, 2.05) is 43.3 Å². The van der Waals surface area contributed by atoms with E-state index in [1.165, 1.54) is 0 Å². The Balaban J connectivity index is 1.66. The fourth-order valence-electron chi connectivity index (χ4n) is 2.03. The molecule has 0 aliphatic heterocycles. The summed E-state index contributed by atoms with van der Waals surface area (Å²) in [6.45, 7) is 0. The number of carbonyl (C=O) groups excluding carboxylic acids is 1. The Bertz CT molecular complexity index is 817. The van der Waals surface area contributed by atoms with E-state index in [4.69, 9.17) is 0 Å². The van der Waals surface area contributed by atoms with Gasteiger partial charge < -0.3 is 9.30 Å². The van der Waals surface area contributed by atoms with Gasteiger partial charge in [-0.15, -0.1) is 0 Å². The first kappa shape index (κ1) is 14.7. The van der Waals surface area contributed by atoms with Gasteiger partial charge in [0, 0.05) is 38.4 Å². The smallest absolute Gasteiger partial charge is 0.291 e. The van der Waals surface area contributed by atoms with E-state index >= 15 is 0 Å². The van der Waals surface area contributed by atoms with E-state index in [2.05, 4.69) is 20.5 Å². The lowest BCUT2D eigenvalue weighted by molar-refractivity contribution is 0.0951. The normalized spacial score (nSPS) is 11.0. The summed E-state index contributed by atoms with van der Waals surface area (Å²) in [6, 6.07) is 7.83. The number of carbonyl (C=O) groups is 1. The molecule has 7 heteroatoms. The molecule has 0 fully saturated rings. The van der Waals surface area contributed by atoms with Crippen molar-refractivity contribution in [3.63, 3.8) is 0 Å². The molecule has 7 nitrogen and oxygen atoms in total. The SMILES string of the molecule is CN(C)c1ccc(/C=N\NC(=O)c2cn3ccncc3n2)cc1. The fraction of sp³-hybridized carbons (Fsp3) is 0.125. The largest absolute Gasteiger partial charge is 0.378 e. The highest BCUT2D eigenvalue weighted by molar-refractivity contribution is 5.93. The maximum Gasteiger partial charge on any atom is 0.291 e. The summed E-state index contributed by atoms with van der Waals surface area (Å²) in [7, 11) is 3.96. The number of hydrazone groups is 1. The average Bonchev–Trinajstić information content (AvgIpc) is 2.99. The number of nitrogens with one attached hydrogen (secondary N) is 1. The third kappa shape index (κ3) is 3.34. The van der Waals surface area contributed by atoms with E-state index < -0.39 is 0 Å². The van der Waals surface area contributed by atoms with Crippen molar-refractivity contribution >= 4 is 23.5 Å². The highest BCUT2D eigenvalue weighted by Crippen LogP contribution is 2.10. The number of nitrogens with zero attached hydrogens (tertiary/aromatic N) is 5. The predicted octanol–water partition coefficient (Wildman–Crippen LogP) is 1.56. The molecule has 116 valence electrons. The van der Waals surface area contributed by atoms with Gasteiger partial charge in [-0.2, -0.15) is 5.10 Å². The lowest BCUT2D eigenvalue weighted by atomic mass is 10.2. The monoisotopic (exact) mass is 308 g/mol. The molecule has 0 unspecified atom stereocenters. The molecule has 0 bridgehead atoms. The number of rotatable bonds is 4. The summed E-state index contributed by atoms with van der Waals surface area (Å²) in [6.07, 6.45) is 8.18. The first-order valence-electron chi connectivity index (χ1n) is 7.03. The Kier molecular flexibility index (Phi) is 4.01. The molecule has 0 saturated carbocycles. The van der Waals surface area contributed by atoms with Crippen molar-refractivity contribution in [2.45, 2.75) is 0 Å². The van der Waals surface area contributed by atoms with Gasteiger partial charge in [-0.1, -0.05) is 12.1 Å². The maximum absolute atomic E-state index is 12.0. The second-order valence-corrected chi connectivity index (χ2v) is 5.15. The van der Waals surface area contributed by atoms with Gasteiger partial charge in [0.25, 0.3) is 5.91 Å². The van der Waals surface area contributed by atoms with Crippen LogP contribution in [0.5, 0.6) is 0 Å². The summed E-state index contributed by atoms with van der Waals surface area (Å²) >= 11 is 0. The van der Waals surface area contributed by atoms with Crippen molar-refractivity contribution in [3.05, 3.63) is 60.3 Å². The zero-order valence-electron chi connectivity index (χ0n) is 12.8. The summed E-state index contributed by atoms with van der Waals surface area (Å²) in [5.41, 5.74) is 5.37. The zero-order chi connectivity index (χ0) is 16.2. The van der Waals surface area contributed by atoms with Gasteiger partial charge in [0.05, 0.1) is 12.4 Å². The molecule has 0 radical (unpaired) electrons. The first-order valence-corrected chi connectivity index (χ1v) is 7.03. The highest BCUT2D eigenvalue weighted by atomic mass is 16.2. The van der Waals surface area contributed by atoms with E-state index in [-0.39, 0.29) is 11.6 Å². The third-order valence-corrected chi connectivity index (χ3v) is 3.29. The van der Waals surface area contributed by atoms with Gasteiger partial charge in [-0.3, -0.25) is 9.78 Å². The number of amides is 1. The number of aromatic nitrogens is 3. The molecule has 0 saturated heterocycles. The molecule has 2 heterocycles. The minimum atomic E-state index is -0.366. The van der Waals surface area contributed by atoms with Crippen LogP contribution in [-0.2, 0) is 0 Å². The second kappa shape index (κ2) is 6.27. The number of imidazole rings is 1. The molecular formula is C16H16N6O. The lowest BCUT2D eigenvalue weighted by Gasteiger charge is -2.11. The van der Waals surface area contributed by atoms with Gasteiger partial charge in [-0.25, -0.2) is 10.4 Å². The molecule has 2 aromatic heterocycles. The molecule has 1 amide bonds. The Morgan fingerprint density at radius 3 is 2.78 bits per heavy atom. The Morgan fingerprint density at radius 2 is 2.09 bits per heavy atom. The van der Waals surface area contributed by atoms with Crippen LogP contribution < -0.4 is 10.3 Å². The number of benzene rings is 1. The Labute approximate surface area is 133 Å². The van der Waals surface area contributed by atoms with Crippen LogP contribution in [0.1, 0.15) is 16.1 Å². The molecule has 1 aromatic carbocycles. The van der Waals surface area contributed by atoms with Crippen molar-refractivity contribution < 1.29 is 4.79 Å². The van der Waals surface area contributed by atoms with Crippen LogP contribution in [0.15, 0.2) is 54.2 Å².